The molecule has 2 heterocycles. The molecule has 3 rings (SSSR count). The van der Waals surface area contributed by atoms with E-state index in [1.54, 1.807) is 13.0 Å². The van der Waals surface area contributed by atoms with E-state index in [0.717, 1.165) is 11.4 Å². The van der Waals surface area contributed by atoms with Crippen LogP contribution >= 0.6 is 11.3 Å². The number of aromatic nitrogens is 2. The number of hydrogen-bond acceptors (Lipinski definition) is 6. The topological polar surface area (TPSA) is 97.1 Å². The van der Waals surface area contributed by atoms with E-state index in [2.05, 4.69) is 20.8 Å². The van der Waals surface area contributed by atoms with Crippen molar-refractivity contribution in [3.63, 3.8) is 0 Å². The Bertz CT molecular complexity index is 692. The van der Waals surface area contributed by atoms with Crippen LogP contribution in [-0.2, 0) is 11.2 Å². The molecule has 0 aliphatic heterocycles. The van der Waals surface area contributed by atoms with Crippen LogP contribution in [0.4, 0.5) is 5.13 Å². The number of nitrogens with one attached hydrogen (secondary N) is 2. The molecular formula is C16H20N4O3S. The smallest absolute Gasteiger partial charge is 0.255 e. The van der Waals surface area contributed by atoms with E-state index in [1.165, 1.54) is 49.5 Å². The molecule has 2 aromatic heterocycles. The third kappa shape index (κ3) is 4.19. The molecule has 0 radical (unpaired) electrons. The molecule has 24 heavy (non-hydrogen) atoms. The summed E-state index contributed by atoms with van der Waals surface area (Å²) in [6, 6.07) is 0.856. The van der Waals surface area contributed by atoms with Crippen molar-refractivity contribution in [1.29, 1.82) is 0 Å². The second-order valence-corrected chi connectivity index (χ2v) is 7.11. The highest BCUT2D eigenvalue weighted by Crippen LogP contribution is 2.29. The van der Waals surface area contributed by atoms with Crippen LogP contribution in [0.1, 0.15) is 48.0 Å². The maximum absolute atomic E-state index is 12.2. The van der Waals surface area contributed by atoms with Gasteiger partial charge in [0.15, 0.2) is 0 Å². The van der Waals surface area contributed by atoms with Gasteiger partial charge in [-0.2, -0.15) is 0 Å². The number of hydrogen-bond donors (Lipinski definition) is 2. The predicted octanol–water partition coefficient (Wildman–Crippen LogP) is 2.62. The summed E-state index contributed by atoms with van der Waals surface area (Å²) in [5.41, 5.74) is 0.379. The average molecular weight is 348 g/mol. The van der Waals surface area contributed by atoms with Crippen LogP contribution in [0.25, 0.3) is 0 Å². The summed E-state index contributed by atoms with van der Waals surface area (Å²) < 4.78 is 4.85. The van der Waals surface area contributed by atoms with Gasteiger partial charge in [-0.1, -0.05) is 37.0 Å². The van der Waals surface area contributed by atoms with Crippen molar-refractivity contribution in [2.75, 3.05) is 5.32 Å². The number of amides is 2. The molecule has 0 aromatic carbocycles. The first-order valence-electron chi connectivity index (χ1n) is 8.08. The third-order valence-corrected chi connectivity index (χ3v) is 5.02. The van der Waals surface area contributed by atoms with Crippen molar-refractivity contribution >= 4 is 28.3 Å². The Morgan fingerprint density at radius 1 is 1.38 bits per heavy atom. The van der Waals surface area contributed by atoms with Gasteiger partial charge in [0.05, 0.1) is 11.8 Å². The van der Waals surface area contributed by atoms with Crippen molar-refractivity contribution in [3.05, 3.63) is 29.2 Å². The van der Waals surface area contributed by atoms with Gasteiger partial charge in [-0.15, -0.1) is 10.2 Å². The Morgan fingerprint density at radius 3 is 2.88 bits per heavy atom. The number of anilines is 1. The number of carbonyl (C=O) groups is 2. The van der Waals surface area contributed by atoms with Gasteiger partial charge in [0, 0.05) is 6.42 Å². The molecule has 7 nitrogen and oxygen atoms in total. The van der Waals surface area contributed by atoms with E-state index in [-0.39, 0.29) is 11.8 Å². The fraction of sp³-hybridized carbons (Fsp3) is 0.500. The van der Waals surface area contributed by atoms with Gasteiger partial charge in [0.1, 0.15) is 17.3 Å². The molecule has 1 saturated carbocycles. The fourth-order valence-electron chi connectivity index (χ4n) is 2.80. The lowest BCUT2D eigenvalue weighted by Gasteiger charge is -2.11. The second kappa shape index (κ2) is 7.57. The van der Waals surface area contributed by atoms with Crippen LogP contribution in [0.3, 0.4) is 0 Å². The molecule has 8 heteroatoms. The van der Waals surface area contributed by atoms with E-state index in [4.69, 9.17) is 4.42 Å². The summed E-state index contributed by atoms with van der Waals surface area (Å²) in [5.74, 6) is 0.00988. The molecule has 2 amide bonds. The molecule has 1 aliphatic rings. The first kappa shape index (κ1) is 16.6. The van der Waals surface area contributed by atoms with Crippen molar-refractivity contribution in [2.24, 2.45) is 5.92 Å². The van der Waals surface area contributed by atoms with E-state index in [0.29, 0.717) is 16.6 Å². The Morgan fingerprint density at radius 2 is 2.17 bits per heavy atom. The molecule has 1 fully saturated rings. The zero-order valence-corrected chi connectivity index (χ0v) is 14.3. The predicted molar refractivity (Wildman–Crippen MR) is 89.8 cm³/mol. The molecule has 1 aliphatic carbocycles. The van der Waals surface area contributed by atoms with Crippen LogP contribution in [0.5, 0.6) is 0 Å². The van der Waals surface area contributed by atoms with Gasteiger partial charge in [0.25, 0.3) is 5.91 Å². The molecule has 0 spiro atoms. The van der Waals surface area contributed by atoms with E-state index >= 15 is 0 Å². The molecule has 0 saturated heterocycles. The summed E-state index contributed by atoms with van der Waals surface area (Å²) >= 11 is 1.40. The van der Waals surface area contributed by atoms with Crippen molar-refractivity contribution in [3.8, 4) is 0 Å². The minimum Gasteiger partial charge on any atom is -0.472 e. The monoisotopic (exact) mass is 348 g/mol. The minimum absolute atomic E-state index is 0.324. The standard InChI is InChI=1S/C16H20N4O3S/c1-10(17-15(22)12-6-7-23-9-12)14(21)18-16-20-19-13(24-16)8-11-4-2-3-5-11/h6-7,9-11H,2-5,8H2,1H3,(H,17,22)(H,18,20,21)/t10-/m1/s1. The molecule has 1 atom stereocenters. The molecular weight excluding hydrogens is 328 g/mol. The quantitative estimate of drug-likeness (QED) is 0.836. The van der Waals surface area contributed by atoms with Crippen LogP contribution < -0.4 is 10.6 Å². The van der Waals surface area contributed by atoms with Gasteiger partial charge < -0.3 is 9.73 Å². The molecule has 128 valence electrons. The average Bonchev–Trinajstić information content (AvgIpc) is 3.30. The van der Waals surface area contributed by atoms with Gasteiger partial charge in [0.2, 0.25) is 11.0 Å². The summed E-state index contributed by atoms with van der Waals surface area (Å²) in [4.78, 5) is 24.1. The zero-order valence-electron chi connectivity index (χ0n) is 13.4. The molecule has 0 unspecified atom stereocenters. The normalized spacial score (nSPS) is 16.0. The highest BCUT2D eigenvalue weighted by molar-refractivity contribution is 7.15. The van der Waals surface area contributed by atoms with Crippen molar-refractivity contribution in [1.82, 2.24) is 15.5 Å². The SMILES string of the molecule is C[C@@H](NC(=O)c1ccoc1)C(=O)Nc1nnc(CC2CCCC2)s1. The second-order valence-electron chi connectivity index (χ2n) is 6.05. The lowest BCUT2D eigenvalue weighted by Crippen LogP contribution is -2.41. The van der Waals surface area contributed by atoms with Crippen molar-refractivity contribution < 1.29 is 14.0 Å². The summed E-state index contributed by atoms with van der Waals surface area (Å²) in [6.07, 6.45) is 8.76. The van der Waals surface area contributed by atoms with E-state index in [9.17, 15) is 9.59 Å². The number of rotatable bonds is 6. The maximum Gasteiger partial charge on any atom is 0.255 e. The highest BCUT2D eigenvalue weighted by Gasteiger charge is 2.20. The Balaban J connectivity index is 1.50. The van der Waals surface area contributed by atoms with Gasteiger partial charge in [-0.25, -0.2) is 0 Å². The van der Waals surface area contributed by atoms with Gasteiger partial charge in [-0.05, 0) is 18.9 Å². The van der Waals surface area contributed by atoms with Crippen LogP contribution in [-0.4, -0.2) is 28.1 Å². The molecule has 0 bridgehead atoms. The van der Waals surface area contributed by atoms with Crippen LogP contribution in [0, 0.1) is 5.92 Å². The van der Waals surface area contributed by atoms with Crippen LogP contribution in [0.15, 0.2) is 23.0 Å². The van der Waals surface area contributed by atoms with Crippen LogP contribution in [0.2, 0.25) is 0 Å². The highest BCUT2D eigenvalue weighted by atomic mass is 32.1. The zero-order chi connectivity index (χ0) is 16.9. The lowest BCUT2D eigenvalue weighted by atomic mass is 10.1. The van der Waals surface area contributed by atoms with Gasteiger partial charge >= 0.3 is 0 Å². The lowest BCUT2D eigenvalue weighted by molar-refractivity contribution is -0.117. The largest absolute Gasteiger partial charge is 0.472 e. The number of carbonyl (C=O) groups excluding carboxylic acids is 2. The fourth-order valence-corrected chi connectivity index (χ4v) is 3.66. The molecule has 2 aromatic rings. The number of furan rings is 1. The number of nitrogens with zero attached hydrogens (tertiary/aromatic N) is 2. The Labute approximate surface area is 143 Å². The first-order chi connectivity index (χ1) is 11.6. The minimum atomic E-state index is -0.686. The van der Waals surface area contributed by atoms with Crippen molar-refractivity contribution in [2.45, 2.75) is 45.1 Å². The first-order valence-corrected chi connectivity index (χ1v) is 8.90. The van der Waals surface area contributed by atoms with E-state index < -0.39 is 6.04 Å². The summed E-state index contributed by atoms with van der Waals surface area (Å²) in [7, 11) is 0. The Hall–Kier alpha value is -2.22. The maximum atomic E-state index is 12.2. The van der Waals surface area contributed by atoms with E-state index in [1.807, 2.05) is 0 Å². The Kier molecular flexibility index (Phi) is 5.24. The summed E-state index contributed by atoms with van der Waals surface area (Å²) in [5, 5.41) is 14.9. The summed E-state index contributed by atoms with van der Waals surface area (Å²) in [6.45, 7) is 1.62. The van der Waals surface area contributed by atoms with Gasteiger partial charge in [-0.3, -0.25) is 14.9 Å². The molecule has 2 N–H and O–H groups in total. The third-order valence-electron chi connectivity index (χ3n) is 4.16.